The number of thioether (sulfide) groups is 1. The topological polar surface area (TPSA) is 88.3 Å². The zero-order valence-electron chi connectivity index (χ0n) is 11.8. The minimum absolute atomic E-state index is 0.0531. The van der Waals surface area contributed by atoms with E-state index in [1.165, 1.54) is 13.2 Å². The zero-order chi connectivity index (χ0) is 16.1. The number of hydrogen-bond acceptors (Lipinski definition) is 7. The van der Waals surface area contributed by atoms with Gasteiger partial charge >= 0.3 is 0 Å². The van der Waals surface area contributed by atoms with Gasteiger partial charge in [-0.05, 0) is 36.0 Å². The van der Waals surface area contributed by atoms with Gasteiger partial charge in [-0.15, -0.1) is 10.2 Å². The number of hydrogen-bond donors (Lipinski definition) is 0. The predicted molar refractivity (Wildman–Crippen MR) is 83.2 cm³/mol. The molecule has 8 heteroatoms. The van der Waals surface area contributed by atoms with Gasteiger partial charge in [-0.2, -0.15) is 0 Å². The fraction of sp³-hybridized carbons (Fsp3) is 0.214. The van der Waals surface area contributed by atoms with E-state index in [-0.39, 0.29) is 10.1 Å². The van der Waals surface area contributed by atoms with Crippen molar-refractivity contribution in [2.75, 3.05) is 7.11 Å². The second-order valence-electron chi connectivity index (χ2n) is 4.10. The highest BCUT2D eigenvalue weighted by molar-refractivity contribution is 9.10. The predicted octanol–water partition coefficient (Wildman–Crippen LogP) is 2.29. The molecule has 0 atom stereocenters. The van der Waals surface area contributed by atoms with Crippen LogP contribution in [0.25, 0.3) is 6.08 Å². The highest BCUT2D eigenvalue weighted by atomic mass is 79.9. The standard InChI is InChI=1S/C14H13BrN2O4S/c1-3-12-16-17-14(21-12)22-11(13(18)19)7-8-6-9(15)4-5-10(8)20-2/h4-7H,3H2,1-2H3,(H,18,19)/p-1/b11-7-. The summed E-state index contributed by atoms with van der Waals surface area (Å²) < 4.78 is 11.3. The van der Waals surface area contributed by atoms with Crippen LogP contribution in [0.1, 0.15) is 18.4 Å². The van der Waals surface area contributed by atoms with Crippen LogP contribution in [0, 0.1) is 0 Å². The van der Waals surface area contributed by atoms with E-state index in [4.69, 9.17) is 9.15 Å². The fourth-order valence-corrected chi connectivity index (χ4v) is 2.66. The van der Waals surface area contributed by atoms with Gasteiger partial charge < -0.3 is 19.1 Å². The first-order chi connectivity index (χ1) is 10.5. The Balaban J connectivity index is 2.35. The molecule has 1 aromatic heterocycles. The van der Waals surface area contributed by atoms with E-state index in [0.29, 0.717) is 23.6 Å². The lowest BCUT2D eigenvalue weighted by Crippen LogP contribution is -2.23. The number of carbonyl (C=O) groups excluding carboxylic acids is 1. The number of methoxy groups -OCH3 is 1. The van der Waals surface area contributed by atoms with Gasteiger partial charge in [0.25, 0.3) is 5.22 Å². The number of ether oxygens (including phenoxy) is 1. The molecule has 116 valence electrons. The molecule has 2 rings (SSSR count). The number of carboxylic acids is 1. The second kappa shape index (κ2) is 7.46. The molecule has 0 radical (unpaired) electrons. The van der Waals surface area contributed by atoms with E-state index in [1.54, 1.807) is 18.2 Å². The highest BCUT2D eigenvalue weighted by Gasteiger charge is 2.11. The van der Waals surface area contributed by atoms with Crippen molar-refractivity contribution in [3.05, 3.63) is 39.0 Å². The van der Waals surface area contributed by atoms with Gasteiger partial charge in [-0.1, -0.05) is 22.9 Å². The van der Waals surface area contributed by atoms with Crippen LogP contribution < -0.4 is 9.84 Å². The van der Waals surface area contributed by atoms with Crippen molar-refractivity contribution in [1.82, 2.24) is 10.2 Å². The molecule has 6 nitrogen and oxygen atoms in total. The van der Waals surface area contributed by atoms with Crippen LogP contribution in [0.4, 0.5) is 0 Å². The van der Waals surface area contributed by atoms with Crippen molar-refractivity contribution >= 4 is 39.7 Å². The summed E-state index contributed by atoms with van der Waals surface area (Å²) >= 11 is 4.18. The summed E-state index contributed by atoms with van der Waals surface area (Å²) in [5.41, 5.74) is 0.596. The molecule has 1 heterocycles. The Morgan fingerprint density at radius 1 is 1.50 bits per heavy atom. The highest BCUT2D eigenvalue weighted by Crippen LogP contribution is 2.31. The van der Waals surface area contributed by atoms with Crippen LogP contribution in [0.3, 0.4) is 0 Å². The Kier molecular flexibility index (Phi) is 5.62. The van der Waals surface area contributed by atoms with Crippen molar-refractivity contribution < 1.29 is 19.1 Å². The van der Waals surface area contributed by atoms with Gasteiger partial charge in [0.1, 0.15) is 5.75 Å². The summed E-state index contributed by atoms with van der Waals surface area (Å²) in [5, 5.41) is 19.1. The minimum atomic E-state index is -1.33. The Morgan fingerprint density at radius 3 is 2.86 bits per heavy atom. The first-order valence-corrected chi connectivity index (χ1v) is 7.91. The van der Waals surface area contributed by atoms with Crippen LogP contribution in [-0.2, 0) is 11.2 Å². The normalized spacial score (nSPS) is 11.5. The summed E-state index contributed by atoms with van der Waals surface area (Å²) in [4.78, 5) is 11.3. The summed E-state index contributed by atoms with van der Waals surface area (Å²) in [6, 6.07) is 5.27. The lowest BCUT2D eigenvalue weighted by Gasteiger charge is -2.09. The molecule has 0 amide bonds. The van der Waals surface area contributed by atoms with Gasteiger partial charge in [0.05, 0.1) is 13.1 Å². The molecule has 0 saturated carbocycles. The molecule has 22 heavy (non-hydrogen) atoms. The number of rotatable bonds is 6. The van der Waals surface area contributed by atoms with E-state index in [0.717, 1.165) is 16.2 Å². The fourth-order valence-electron chi connectivity index (χ4n) is 1.61. The molecular weight excluding hydrogens is 372 g/mol. The van der Waals surface area contributed by atoms with Gasteiger partial charge in [-0.3, -0.25) is 0 Å². The summed E-state index contributed by atoms with van der Waals surface area (Å²) in [6.45, 7) is 1.86. The Hall–Kier alpha value is -1.80. The number of aromatic nitrogens is 2. The Morgan fingerprint density at radius 2 is 2.27 bits per heavy atom. The largest absolute Gasteiger partial charge is 0.544 e. The Bertz CT molecular complexity index is 715. The maximum atomic E-state index is 11.3. The number of benzene rings is 1. The van der Waals surface area contributed by atoms with Crippen molar-refractivity contribution in [3.63, 3.8) is 0 Å². The maximum absolute atomic E-state index is 11.3. The molecule has 0 bridgehead atoms. The summed E-state index contributed by atoms with van der Waals surface area (Å²) in [5.74, 6) is -0.342. The average molecular weight is 384 g/mol. The summed E-state index contributed by atoms with van der Waals surface area (Å²) in [6.07, 6.45) is 2.02. The number of carboxylic acid groups (broad SMARTS) is 1. The number of aryl methyl sites for hydroxylation is 1. The van der Waals surface area contributed by atoms with Crippen LogP contribution in [-0.4, -0.2) is 23.3 Å². The lowest BCUT2D eigenvalue weighted by molar-refractivity contribution is -0.298. The molecule has 0 aliphatic rings. The van der Waals surface area contributed by atoms with Gasteiger partial charge in [0, 0.05) is 21.4 Å². The second-order valence-corrected chi connectivity index (χ2v) is 6.01. The van der Waals surface area contributed by atoms with E-state index < -0.39 is 5.97 Å². The van der Waals surface area contributed by atoms with Crippen molar-refractivity contribution in [2.24, 2.45) is 0 Å². The van der Waals surface area contributed by atoms with Crippen molar-refractivity contribution in [2.45, 2.75) is 18.6 Å². The van der Waals surface area contributed by atoms with E-state index in [1.807, 2.05) is 6.92 Å². The van der Waals surface area contributed by atoms with Gasteiger partial charge in [-0.25, -0.2) is 0 Å². The molecule has 0 N–H and O–H groups in total. The molecular formula is C14H12BrN2O4S-. The first-order valence-electron chi connectivity index (χ1n) is 6.30. The third-order valence-corrected chi connectivity index (χ3v) is 3.96. The molecule has 0 aliphatic carbocycles. The summed E-state index contributed by atoms with van der Waals surface area (Å²) in [7, 11) is 1.51. The van der Waals surface area contributed by atoms with Crippen molar-refractivity contribution in [3.8, 4) is 5.75 Å². The molecule has 0 saturated heterocycles. The van der Waals surface area contributed by atoms with E-state index >= 15 is 0 Å². The van der Waals surface area contributed by atoms with Crippen LogP contribution >= 0.6 is 27.7 Å². The molecule has 0 aliphatic heterocycles. The monoisotopic (exact) mass is 383 g/mol. The molecule has 1 aromatic carbocycles. The van der Waals surface area contributed by atoms with Crippen LogP contribution in [0.15, 0.2) is 37.2 Å². The quantitative estimate of drug-likeness (QED) is 0.558. The van der Waals surface area contributed by atoms with Crippen molar-refractivity contribution in [1.29, 1.82) is 0 Å². The number of nitrogens with zero attached hydrogens (tertiary/aromatic N) is 2. The average Bonchev–Trinajstić information content (AvgIpc) is 2.94. The zero-order valence-corrected chi connectivity index (χ0v) is 14.2. The smallest absolute Gasteiger partial charge is 0.281 e. The van der Waals surface area contributed by atoms with Crippen LogP contribution in [0.2, 0.25) is 0 Å². The van der Waals surface area contributed by atoms with Gasteiger partial charge in [0.15, 0.2) is 0 Å². The molecule has 0 fully saturated rings. The molecule has 0 unspecified atom stereocenters. The molecule has 2 aromatic rings. The Labute approximate surface area is 139 Å². The maximum Gasteiger partial charge on any atom is 0.281 e. The lowest BCUT2D eigenvalue weighted by atomic mass is 10.2. The van der Waals surface area contributed by atoms with E-state index in [9.17, 15) is 9.90 Å². The SMILES string of the molecule is CCc1nnc(S/C(=C\c2cc(Br)ccc2OC)C(=O)[O-])o1. The minimum Gasteiger partial charge on any atom is -0.544 e. The van der Waals surface area contributed by atoms with Crippen LogP contribution in [0.5, 0.6) is 5.75 Å². The third-order valence-electron chi connectivity index (χ3n) is 2.63. The molecule has 0 spiro atoms. The number of halogens is 1. The van der Waals surface area contributed by atoms with Gasteiger partial charge in [0.2, 0.25) is 5.89 Å². The van der Waals surface area contributed by atoms with E-state index in [2.05, 4.69) is 26.1 Å². The third kappa shape index (κ3) is 4.11. The number of carbonyl (C=O) groups is 1. The first kappa shape index (κ1) is 16.6. The number of aliphatic carboxylic acids is 1.